The Bertz CT molecular complexity index is 466. The lowest BCUT2D eigenvalue weighted by Crippen LogP contribution is -2.06. The molecule has 1 aromatic rings. The second-order valence-corrected chi connectivity index (χ2v) is 3.23. The number of nitrogens with zero attached hydrogens (tertiary/aromatic N) is 1. The van der Waals surface area contributed by atoms with Crippen LogP contribution in [0, 0.1) is 6.92 Å². The van der Waals surface area contributed by atoms with Gasteiger partial charge in [-0.15, -0.1) is 0 Å². The van der Waals surface area contributed by atoms with Gasteiger partial charge in [0.15, 0.2) is 0 Å². The Morgan fingerprint density at radius 1 is 1.24 bits per heavy atom. The van der Waals surface area contributed by atoms with E-state index in [1.807, 2.05) is 0 Å². The second kappa shape index (κ2) is 5.79. The van der Waals surface area contributed by atoms with Gasteiger partial charge in [-0.05, 0) is 25.1 Å². The quantitative estimate of drug-likeness (QED) is 0.584. The van der Waals surface area contributed by atoms with Crippen molar-refractivity contribution in [2.24, 2.45) is 0 Å². The molecular formula is C12H13NO4. The van der Waals surface area contributed by atoms with E-state index in [0.717, 1.165) is 5.69 Å². The number of aromatic nitrogens is 1. The summed E-state index contributed by atoms with van der Waals surface area (Å²) in [5, 5.41) is 0. The van der Waals surface area contributed by atoms with Crippen LogP contribution in [-0.2, 0) is 14.3 Å². The molecule has 1 rings (SSSR count). The summed E-state index contributed by atoms with van der Waals surface area (Å²) in [5.41, 5.74) is 1.42. The smallest absolute Gasteiger partial charge is 0.340 e. The number of carbonyl (C=O) groups is 2. The fourth-order valence-electron chi connectivity index (χ4n) is 1.20. The fraction of sp³-hybridized carbons (Fsp3) is 0.250. The largest absolute Gasteiger partial charge is 0.466 e. The highest BCUT2D eigenvalue weighted by atomic mass is 16.5. The molecule has 0 bridgehead atoms. The van der Waals surface area contributed by atoms with Crippen molar-refractivity contribution in [3.8, 4) is 0 Å². The molecule has 0 unspecified atom stereocenters. The molecular weight excluding hydrogens is 222 g/mol. The van der Waals surface area contributed by atoms with Gasteiger partial charge in [0.1, 0.15) is 0 Å². The van der Waals surface area contributed by atoms with Crippen molar-refractivity contribution < 1.29 is 19.1 Å². The molecule has 0 fully saturated rings. The van der Waals surface area contributed by atoms with E-state index in [1.165, 1.54) is 26.4 Å². The lowest BCUT2D eigenvalue weighted by Gasteiger charge is -2.04. The zero-order chi connectivity index (χ0) is 12.8. The molecule has 0 aliphatic carbocycles. The minimum atomic E-state index is -0.510. The molecule has 0 atom stereocenters. The molecule has 17 heavy (non-hydrogen) atoms. The number of pyridine rings is 1. The van der Waals surface area contributed by atoms with Crippen molar-refractivity contribution in [3.05, 3.63) is 35.2 Å². The summed E-state index contributed by atoms with van der Waals surface area (Å²) in [5.74, 6) is -1.01. The summed E-state index contributed by atoms with van der Waals surface area (Å²) in [7, 11) is 2.56. The van der Waals surface area contributed by atoms with Crippen LogP contribution in [-0.4, -0.2) is 31.1 Å². The summed E-state index contributed by atoms with van der Waals surface area (Å²) < 4.78 is 9.08. The minimum absolute atomic E-state index is 0.304. The first-order valence-corrected chi connectivity index (χ1v) is 4.90. The zero-order valence-corrected chi connectivity index (χ0v) is 9.89. The van der Waals surface area contributed by atoms with Gasteiger partial charge in [0.05, 0.1) is 25.5 Å². The van der Waals surface area contributed by atoms with Gasteiger partial charge in [0.2, 0.25) is 0 Å². The molecule has 0 saturated heterocycles. The van der Waals surface area contributed by atoms with Gasteiger partial charge < -0.3 is 9.47 Å². The van der Waals surface area contributed by atoms with Gasteiger partial charge in [0.25, 0.3) is 0 Å². The van der Waals surface area contributed by atoms with Crippen LogP contribution in [0.5, 0.6) is 0 Å². The number of esters is 2. The zero-order valence-electron chi connectivity index (χ0n) is 9.89. The second-order valence-electron chi connectivity index (χ2n) is 3.23. The van der Waals surface area contributed by atoms with Crippen molar-refractivity contribution in [1.29, 1.82) is 0 Å². The van der Waals surface area contributed by atoms with Crippen molar-refractivity contribution in [1.82, 2.24) is 4.98 Å². The Balaban J connectivity index is 3.11. The summed E-state index contributed by atoms with van der Waals surface area (Å²) in [4.78, 5) is 26.6. The topological polar surface area (TPSA) is 65.5 Å². The maximum absolute atomic E-state index is 11.4. The first kappa shape index (κ1) is 12.9. The average Bonchev–Trinajstić information content (AvgIpc) is 2.35. The predicted molar refractivity (Wildman–Crippen MR) is 61.4 cm³/mol. The number of hydrogen-bond acceptors (Lipinski definition) is 5. The molecule has 0 radical (unpaired) electrons. The first-order chi connectivity index (χ1) is 8.08. The van der Waals surface area contributed by atoms with E-state index in [2.05, 4.69) is 14.5 Å². The highest BCUT2D eigenvalue weighted by Gasteiger charge is 2.11. The molecule has 0 amide bonds. The Morgan fingerprint density at radius 3 is 2.53 bits per heavy atom. The molecule has 5 heteroatoms. The normalized spacial score (nSPS) is 10.3. The lowest BCUT2D eigenvalue weighted by molar-refractivity contribution is -0.134. The summed E-state index contributed by atoms with van der Waals surface area (Å²) in [6, 6.07) is 3.30. The average molecular weight is 235 g/mol. The van der Waals surface area contributed by atoms with Crippen LogP contribution in [0.1, 0.15) is 21.7 Å². The van der Waals surface area contributed by atoms with E-state index in [0.29, 0.717) is 11.3 Å². The van der Waals surface area contributed by atoms with Crippen molar-refractivity contribution in [2.75, 3.05) is 14.2 Å². The van der Waals surface area contributed by atoms with Gasteiger partial charge in [-0.25, -0.2) is 9.59 Å². The molecule has 0 saturated carbocycles. The van der Waals surface area contributed by atoms with Crippen molar-refractivity contribution in [3.63, 3.8) is 0 Å². The third-order valence-corrected chi connectivity index (χ3v) is 2.05. The van der Waals surface area contributed by atoms with Crippen LogP contribution < -0.4 is 0 Å². The van der Waals surface area contributed by atoms with Gasteiger partial charge in [-0.1, -0.05) is 0 Å². The molecule has 0 N–H and O–H groups in total. The number of ether oxygens (including phenoxy) is 2. The summed E-state index contributed by atoms with van der Waals surface area (Å²) >= 11 is 0. The Morgan fingerprint density at radius 2 is 1.94 bits per heavy atom. The molecule has 0 spiro atoms. The number of methoxy groups -OCH3 is 2. The SMILES string of the molecule is COC(=O)/C=C/c1nc(C)ccc1C(=O)OC. The lowest BCUT2D eigenvalue weighted by atomic mass is 10.1. The minimum Gasteiger partial charge on any atom is -0.466 e. The Hall–Kier alpha value is -2.17. The van der Waals surface area contributed by atoms with Gasteiger partial charge in [0, 0.05) is 11.8 Å². The van der Waals surface area contributed by atoms with Crippen molar-refractivity contribution in [2.45, 2.75) is 6.92 Å². The first-order valence-electron chi connectivity index (χ1n) is 4.90. The molecule has 0 aromatic carbocycles. The van der Waals surface area contributed by atoms with E-state index in [-0.39, 0.29) is 0 Å². The van der Waals surface area contributed by atoms with E-state index < -0.39 is 11.9 Å². The van der Waals surface area contributed by atoms with E-state index in [1.54, 1.807) is 19.1 Å². The van der Waals surface area contributed by atoms with Crippen LogP contribution in [0.15, 0.2) is 18.2 Å². The van der Waals surface area contributed by atoms with Gasteiger partial charge in [-0.2, -0.15) is 0 Å². The van der Waals surface area contributed by atoms with Crippen LogP contribution in [0.2, 0.25) is 0 Å². The number of rotatable bonds is 3. The highest BCUT2D eigenvalue weighted by molar-refractivity contribution is 5.95. The Kier molecular flexibility index (Phi) is 4.39. The number of hydrogen-bond donors (Lipinski definition) is 0. The third kappa shape index (κ3) is 3.41. The summed E-state index contributed by atoms with van der Waals surface area (Å²) in [6.45, 7) is 1.79. The van der Waals surface area contributed by atoms with E-state index >= 15 is 0 Å². The third-order valence-electron chi connectivity index (χ3n) is 2.05. The van der Waals surface area contributed by atoms with Crippen LogP contribution >= 0.6 is 0 Å². The van der Waals surface area contributed by atoms with E-state index in [9.17, 15) is 9.59 Å². The molecule has 1 heterocycles. The van der Waals surface area contributed by atoms with Gasteiger partial charge >= 0.3 is 11.9 Å². The molecule has 0 aliphatic heterocycles. The van der Waals surface area contributed by atoms with Crippen LogP contribution in [0.25, 0.3) is 6.08 Å². The predicted octanol–water partition coefficient (Wildman–Crippen LogP) is 1.36. The Labute approximate surface area is 99.1 Å². The maximum atomic E-state index is 11.4. The summed E-state index contributed by atoms with van der Waals surface area (Å²) in [6.07, 6.45) is 2.62. The monoisotopic (exact) mass is 235 g/mol. The molecule has 90 valence electrons. The number of carbonyl (C=O) groups excluding carboxylic acids is 2. The molecule has 0 aliphatic rings. The number of aryl methyl sites for hydroxylation is 1. The maximum Gasteiger partial charge on any atom is 0.340 e. The molecule has 1 aromatic heterocycles. The standard InChI is InChI=1S/C12H13NO4/c1-8-4-5-9(12(15)17-3)10(13-8)6-7-11(14)16-2/h4-7H,1-3H3/b7-6+. The molecule has 5 nitrogen and oxygen atoms in total. The van der Waals surface area contributed by atoms with Crippen molar-refractivity contribution >= 4 is 18.0 Å². The fourth-order valence-corrected chi connectivity index (χ4v) is 1.20. The highest BCUT2D eigenvalue weighted by Crippen LogP contribution is 2.11. The van der Waals surface area contributed by atoms with Crippen LogP contribution in [0.4, 0.5) is 0 Å². The van der Waals surface area contributed by atoms with Gasteiger partial charge in [-0.3, -0.25) is 4.98 Å². The van der Waals surface area contributed by atoms with E-state index in [4.69, 9.17) is 0 Å². The van der Waals surface area contributed by atoms with Crippen LogP contribution in [0.3, 0.4) is 0 Å².